The van der Waals surface area contributed by atoms with Crippen molar-refractivity contribution in [2.75, 3.05) is 7.11 Å². The summed E-state index contributed by atoms with van der Waals surface area (Å²) in [5.74, 6) is 4.46. The zero-order valence-corrected chi connectivity index (χ0v) is 7.07. The van der Waals surface area contributed by atoms with Crippen LogP contribution in [-0.4, -0.2) is 18.2 Å². The van der Waals surface area contributed by atoms with Crippen LogP contribution >= 0.6 is 0 Å². The highest BCUT2D eigenvalue weighted by molar-refractivity contribution is 5.88. The molecule has 3 heteroatoms. The third-order valence-corrected chi connectivity index (χ3v) is 1.36. The molecule has 0 spiro atoms. The van der Waals surface area contributed by atoms with Crippen LogP contribution in [0.1, 0.15) is 5.56 Å². The topological polar surface area (TPSA) is 46.5 Å². The molecule has 1 aromatic carbocycles. The lowest BCUT2D eigenvalue weighted by molar-refractivity contribution is -0.133. The van der Waals surface area contributed by atoms with Gasteiger partial charge < -0.3 is 9.84 Å². The Balaban J connectivity index is 2.78. The van der Waals surface area contributed by atoms with Gasteiger partial charge in [0.15, 0.2) is 0 Å². The molecule has 0 saturated carbocycles. The van der Waals surface area contributed by atoms with Gasteiger partial charge in [-0.25, -0.2) is 4.79 Å². The molecular formula is C10H8O3. The Morgan fingerprint density at radius 1 is 1.38 bits per heavy atom. The summed E-state index contributed by atoms with van der Waals surface area (Å²) in [7, 11) is 1.27. The van der Waals surface area contributed by atoms with Crippen LogP contribution in [0.25, 0.3) is 0 Å². The number of carbonyl (C=O) groups excluding carboxylic acids is 1. The molecule has 3 nitrogen and oxygen atoms in total. The van der Waals surface area contributed by atoms with E-state index in [0.717, 1.165) is 0 Å². The Bertz CT molecular complexity index is 354. The molecule has 66 valence electrons. The van der Waals surface area contributed by atoms with Crippen molar-refractivity contribution in [3.8, 4) is 17.6 Å². The van der Waals surface area contributed by atoms with E-state index in [1.807, 2.05) is 0 Å². The zero-order valence-electron chi connectivity index (χ0n) is 7.07. The van der Waals surface area contributed by atoms with Gasteiger partial charge in [0.05, 0.1) is 7.11 Å². The van der Waals surface area contributed by atoms with E-state index >= 15 is 0 Å². The molecule has 0 aromatic heterocycles. The number of ether oxygens (including phenoxy) is 1. The van der Waals surface area contributed by atoms with Gasteiger partial charge in [0.2, 0.25) is 0 Å². The van der Waals surface area contributed by atoms with Crippen LogP contribution in [0.2, 0.25) is 0 Å². The minimum Gasteiger partial charge on any atom is -0.508 e. The van der Waals surface area contributed by atoms with Gasteiger partial charge in [-0.15, -0.1) is 0 Å². The number of methoxy groups -OCH3 is 1. The molecule has 0 aliphatic heterocycles. The molecule has 1 aromatic rings. The number of rotatable bonds is 0. The first-order valence-corrected chi connectivity index (χ1v) is 3.61. The van der Waals surface area contributed by atoms with E-state index in [1.165, 1.54) is 19.2 Å². The summed E-state index contributed by atoms with van der Waals surface area (Å²) < 4.78 is 4.33. The standard InChI is InChI=1S/C10H8O3/c1-13-10(12)7-4-8-2-5-9(11)6-3-8/h2-3,5-6,11H,1H3. The number of carbonyl (C=O) groups is 1. The van der Waals surface area contributed by atoms with Crippen LogP contribution in [0.4, 0.5) is 0 Å². The minimum absolute atomic E-state index is 0.170. The van der Waals surface area contributed by atoms with Gasteiger partial charge in [0.1, 0.15) is 5.75 Å². The second-order valence-electron chi connectivity index (χ2n) is 2.29. The highest BCUT2D eigenvalue weighted by atomic mass is 16.5. The lowest BCUT2D eigenvalue weighted by Crippen LogP contribution is -1.94. The first-order valence-electron chi connectivity index (χ1n) is 3.61. The zero-order chi connectivity index (χ0) is 9.68. The molecule has 1 N–H and O–H groups in total. The SMILES string of the molecule is COC(=O)C#Cc1ccc(O)cc1. The van der Waals surface area contributed by atoms with E-state index < -0.39 is 5.97 Å². The fourth-order valence-corrected chi connectivity index (χ4v) is 0.719. The predicted octanol–water partition coefficient (Wildman–Crippen LogP) is 0.917. The molecule has 0 bridgehead atoms. The van der Waals surface area contributed by atoms with Gasteiger partial charge in [0, 0.05) is 11.5 Å². The first-order chi connectivity index (χ1) is 6.22. The average molecular weight is 176 g/mol. The Morgan fingerprint density at radius 2 is 2.00 bits per heavy atom. The van der Waals surface area contributed by atoms with Crippen molar-refractivity contribution in [1.82, 2.24) is 0 Å². The molecule has 13 heavy (non-hydrogen) atoms. The number of aromatic hydroxyl groups is 1. The minimum atomic E-state index is -0.576. The number of phenolic OH excluding ortho intramolecular Hbond substituents is 1. The second kappa shape index (κ2) is 4.17. The van der Waals surface area contributed by atoms with Crippen molar-refractivity contribution >= 4 is 5.97 Å². The number of esters is 1. The fourth-order valence-electron chi connectivity index (χ4n) is 0.719. The monoisotopic (exact) mass is 176 g/mol. The van der Waals surface area contributed by atoms with Crippen molar-refractivity contribution in [2.45, 2.75) is 0 Å². The number of hydrogen-bond acceptors (Lipinski definition) is 3. The maximum atomic E-state index is 10.6. The van der Waals surface area contributed by atoms with Crippen LogP contribution < -0.4 is 0 Å². The molecule has 0 saturated heterocycles. The van der Waals surface area contributed by atoms with Gasteiger partial charge in [0.25, 0.3) is 0 Å². The Morgan fingerprint density at radius 3 is 2.54 bits per heavy atom. The van der Waals surface area contributed by atoms with Crippen LogP contribution in [0.5, 0.6) is 5.75 Å². The number of hydrogen-bond donors (Lipinski definition) is 1. The molecule has 0 radical (unpaired) electrons. The molecule has 0 unspecified atom stereocenters. The molecule has 0 aliphatic rings. The summed E-state index contributed by atoms with van der Waals surface area (Å²) in [6.45, 7) is 0. The normalized spacial score (nSPS) is 8.38. The third-order valence-electron chi connectivity index (χ3n) is 1.36. The van der Waals surface area contributed by atoms with E-state index in [2.05, 4.69) is 16.6 Å². The van der Waals surface area contributed by atoms with Gasteiger partial charge >= 0.3 is 5.97 Å². The van der Waals surface area contributed by atoms with E-state index in [1.54, 1.807) is 12.1 Å². The molecule has 0 fully saturated rings. The average Bonchev–Trinajstić information content (AvgIpc) is 2.16. The number of benzene rings is 1. The van der Waals surface area contributed by atoms with Crippen molar-refractivity contribution in [2.24, 2.45) is 0 Å². The molecule has 0 heterocycles. The lowest BCUT2D eigenvalue weighted by atomic mass is 10.2. The van der Waals surface area contributed by atoms with E-state index in [0.29, 0.717) is 5.56 Å². The van der Waals surface area contributed by atoms with E-state index in [-0.39, 0.29) is 5.75 Å². The largest absolute Gasteiger partial charge is 0.508 e. The Kier molecular flexibility index (Phi) is 2.93. The summed E-state index contributed by atoms with van der Waals surface area (Å²) in [6, 6.07) is 6.24. The van der Waals surface area contributed by atoms with Crippen molar-refractivity contribution in [3.63, 3.8) is 0 Å². The van der Waals surface area contributed by atoms with Crippen molar-refractivity contribution in [1.29, 1.82) is 0 Å². The summed E-state index contributed by atoms with van der Waals surface area (Å²) in [5.41, 5.74) is 0.656. The van der Waals surface area contributed by atoms with Crippen LogP contribution in [0, 0.1) is 11.8 Å². The summed E-state index contributed by atoms with van der Waals surface area (Å²) in [6.07, 6.45) is 0. The Hall–Kier alpha value is -1.95. The smallest absolute Gasteiger partial charge is 0.384 e. The molecule has 0 atom stereocenters. The highest BCUT2D eigenvalue weighted by Crippen LogP contribution is 2.07. The fraction of sp³-hybridized carbons (Fsp3) is 0.100. The van der Waals surface area contributed by atoms with E-state index in [9.17, 15) is 4.79 Å². The summed E-state index contributed by atoms with van der Waals surface area (Å²) >= 11 is 0. The quantitative estimate of drug-likeness (QED) is 0.472. The van der Waals surface area contributed by atoms with Crippen LogP contribution in [-0.2, 0) is 9.53 Å². The number of phenols is 1. The maximum Gasteiger partial charge on any atom is 0.384 e. The van der Waals surface area contributed by atoms with Gasteiger partial charge in [-0.2, -0.15) is 0 Å². The van der Waals surface area contributed by atoms with E-state index in [4.69, 9.17) is 5.11 Å². The summed E-state index contributed by atoms with van der Waals surface area (Å²) in [4.78, 5) is 10.6. The maximum absolute atomic E-state index is 10.6. The van der Waals surface area contributed by atoms with Crippen molar-refractivity contribution in [3.05, 3.63) is 29.8 Å². The summed E-state index contributed by atoms with van der Waals surface area (Å²) in [5, 5.41) is 8.94. The van der Waals surface area contributed by atoms with Crippen LogP contribution in [0.15, 0.2) is 24.3 Å². The Labute approximate surface area is 76.0 Å². The lowest BCUT2D eigenvalue weighted by Gasteiger charge is -1.90. The van der Waals surface area contributed by atoms with Crippen LogP contribution in [0.3, 0.4) is 0 Å². The molecule has 0 amide bonds. The first kappa shape index (κ1) is 9.14. The second-order valence-corrected chi connectivity index (χ2v) is 2.29. The predicted molar refractivity (Wildman–Crippen MR) is 47.0 cm³/mol. The third kappa shape index (κ3) is 2.88. The van der Waals surface area contributed by atoms with Gasteiger partial charge in [-0.05, 0) is 24.3 Å². The van der Waals surface area contributed by atoms with Gasteiger partial charge in [-0.3, -0.25) is 0 Å². The molecule has 1 rings (SSSR count). The molecule has 0 aliphatic carbocycles. The molecular weight excluding hydrogens is 168 g/mol. The van der Waals surface area contributed by atoms with Crippen molar-refractivity contribution < 1.29 is 14.6 Å². The van der Waals surface area contributed by atoms with Gasteiger partial charge in [-0.1, -0.05) is 5.92 Å². The highest BCUT2D eigenvalue weighted by Gasteiger charge is 1.90.